The molecule has 0 N–H and O–H groups in total. The Hall–Kier alpha value is -0.730. The molecule has 1 amide bonds. The van der Waals surface area contributed by atoms with Crippen LogP contribution in [0.5, 0.6) is 0 Å². The Labute approximate surface area is 106 Å². The standard InChI is InChI=1S/C12H15Cl2NO/c1-8-4-5-10(6-11(8)14)12(16)15(3)9(2)7-13/h4-6,9H,7H2,1-3H3. The van der Waals surface area contributed by atoms with Crippen molar-refractivity contribution in [3.63, 3.8) is 0 Å². The highest BCUT2D eigenvalue weighted by Crippen LogP contribution is 2.18. The van der Waals surface area contributed by atoms with Gasteiger partial charge in [0.1, 0.15) is 0 Å². The fourth-order valence-corrected chi connectivity index (χ4v) is 1.62. The lowest BCUT2D eigenvalue weighted by Crippen LogP contribution is -2.36. The van der Waals surface area contributed by atoms with Gasteiger partial charge >= 0.3 is 0 Å². The van der Waals surface area contributed by atoms with E-state index in [9.17, 15) is 4.79 Å². The van der Waals surface area contributed by atoms with Gasteiger partial charge in [-0.2, -0.15) is 0 Å². The number of amides is 1. The molecular weight excluding hydrogens is 245 g/mol. The molecule has 0 aromatic heterocycles. The molecule has 0 aliphatic carbocycles. The molecule has 0 saturated carbocycles. The third-order valence-electron chi connectivity index (χ3n) is 2.62. The first-order valence-corrected chi connectivity index (χ1v) is 5.98. The van der Waals surface area contributed by atoms with Gasteiger partial charge in [0.2, 0.25) is 0 Å². The fourth-order valence-electron chi connectivity index (χ4n) is 1.23. The quantitative estimate of drug-likeness (QED) is 0.763. The molecule has 1 unspecified atom stereocenters. The molecule has 1 rings (SSSR count). The van der Waals surface area contributed by atoms with Gasteiger partial charge in [-0.05, 0) is 31.5 Å². The number of alkyl halides is 1. The van der Waals surface area contributed by atoms with Crippen LogP contribution in [0.15, 0.2) is 18.2 Å². The molecule has 1 aromatic carbocycles. The van der Waals surface area contributed by atoms with E-state index in [1.807, 2.05) is 19.9 Å². The van der Waals surface area contributed by atoms with Gasteiger partial charge in [-0.3, -0.25) is 4.79 Å². The van der Waals surface area contributed by atoms with Crippen molar-refractivity contribution in [1.82, 2.24) is 4.90 Å². The van der Waals surface area contributed by atoms with Crippen LogP contribution in [0, 0.1) is 6.92 Å². The Bertz CT molecular complexity index is 393. The molecule has 0 bridgehead atoms. The van der Waals surface area contributed by atoms with E-state index in [0.717, 1.165) is 5.56 Å². The van der Waals surface area contributed by atoms with Crippen LogP contribution in [0.3, 0.4) is 0 Å². The van der Waals surface area contributed by atoms with E-state index in [1.165, 1.54) is 0 Å². The summed E-state index contributed by atoms with van der Waals surface area (Å²) in [5.41, 5.74) is 1.56. The molecule has 0 aliphatic heterocycles. The lowest BCUT2D eigenvalue weighted by molar-refractivity contribution is 0.0756. The number of rotatable bonds is 3. The number of hydrogen-bond donors (Lipinski definition) is 0. The lowest BCUT2D eigenvalue weighted by Gasteiger charge is -2.23. The number of hydrogen-bond acceptors (Lipinski definition) is 1. The molecule has 0 saturated heterocycles. The van der Waals surface area contributed by atoms with Crippen LogP contribution in [0.2, 0.25) is 5.02 Å². The molecule has 0 spiro atoms. The summed E-state index contributed by atoms with van der Waals surface area (Å²) in [6, 6.07) is 5.32. The minimum absolute atomic E-state index is 0.00856. The van der Waals surface area contributed by atoms with Gasteiger partial charge in [-0.15, -0.1) is 11.6 Å². The summed E-state index contributed by atoms with van der Waals surface area (Å²) in [6.07, 6.45) is 0. The second kappa shape index (κ2) is 5.55. The zero-order valence-corrected chi connectivity index (χ0v) is 11.1. The van der Waals surface area contributed by atoms with Crippen molar-refractivity contribution < 1.29 is 4.79 Å². The van der Waals surface area contributed by atoms with E-state index >= 15 is 0 Å². The lowest BCUT2D eigenvalue weighted by atomic mass is 10.1. The van der Waals surface area contributed by atoms with Crippen molar-refractivity contribution >= 4 is 29.1 Å². The first-order valence-electron chi connectivity index (χ1n) is 5.06. The van der Waals surface area contributed by atoms with E-state index in [1.54, 1.807) is 24.1 Å². The fraction of sp³-hybridized carbons (Fsp3) is 0.417. The van der Waals surface area contributed by atoms with Crippen LogP contribution in [-0.2, 0) is 0 Å². The summed E-state index contributed by atoms with van der Waals surface area (Å²) in [7, 11) is 1.74. The molecular formula is C12H15Cl2NO. The van der Waals surface area contributed by atoms with Gasteiger partial charge < -0.3 is 4.90 Å². The molecule has 4 heteroatoms. The van der Waals surface area contributed by atoms with Crippen LogP contribution in [0.25, 0.3) is 0 Å². The van der Waals surface area contributed by atoms with E-state index in [-0.39, 0.29) is 11.9 Å². The van der Waals surface area contributed by atoms with Crippen LogP contribution in [-0.4, -0.2) is 29.8 Å². The largest absolute Gasteiger partial charge is 0.338 e. The third kappa shape index (κ3) is 2.89. The molecule has 2 nitrogen and oxygen atoms in total. The van der Waals surface area contributed by atoms with E-state index in [4.69, 9.17) is 23.2 Å². The van der Waals surface area contributed by atoms with Gasteiger partial charge in [-0.1, -0.05) is 17.7 Å². The van der Waals surface area contributed by atoms with Gasteiger partial charge in [-0.25, -0.2) is 0 Å². The second-order valence-corrected chi connectivity index (χ2v) is 4.60. The molecule has 16 heavy (non-hydrogen) atoms. The van der Waals surface area contributed by atoms with Crippen LogP contribution >= 0.6 is 23.2 Å². The summed E-state index contributed by atoms with van der Waals surface area (Å²) >= 11 is 11.7. The van der Waals surface area contributed by atoms with Gasteiger partial charge in [0.15, 0.2) is 0 Å². The zero-order chi connectivity index (χ0) is 12.3. The smallest absolute Gasteiger partial charge is 0.253 e. The summed E-state index contributed by atoms with van der Waals surface area (Å²) < 4.78 is 0. The molecule has 0 aliphatic rings. The minimum atomic E-state index is -0.0601. The van der Waals surface area contributed by atoms with Crippen LogP contribution in [0.1, 0.15) is 22.8 Å². The monoisotopic (exact) mass is 259 g/mol. The minimum Gasteiger partial charge on any atom is -0.338 e. The van der Waals surface area contributed by atoms with Crippen molar-refractivity contribution in [2.45, 2.75) is 19.9 Å². The predicted octanol–water partition coefficient (Wildman–Crippen LogP) is 3.35. The summed E-state index contributed by atoms with van der Waals surface area (Å²) in [4.78, 5) is 13.6. The topological polar surface area (TPSA) is 20.3 Å². The highest BCUT2D eigenvalue weighted by atomic mass is 35.5. The Morgan fingerprint density at radius 1 is 1.50 bits per heavy atom. The van der Waals surface area contributed by atoms with Gasteiger partial charge in [0.25, 0.3) is 5.91 Å². The number of halogens is 2. The van der Waals surface area contributed by atoms with Crippen LogP contribution in [0.4, 0.5) is 0 Å². The zero-order valence-electron chi connectivity index (χ0n) is 9.63. The molecule has 1 aromatic rings. The average molecular weight is 260 g/mol. The summed E-state index contributed by atoms with van der Waals surface area (Å²) in [6.45, 7) is 3.81. The molecule has 0 radical (unpaired) electrons. The maximum Gasteiger partial charge on any atom is 0.253 e. The normalized spacial score (nSPS) is 12.3. The maximum atomic E-state index is 12.0. The molecule has 88 valence electrons. The average Bonchev–Trinajstić information content (AvgIpc) is 2.29. The van der Waals surface area contributed by atoms with Gasteiger partial charge in [0.05, 0.1) is 0 Å². The molecule has 0 heterocycles. The van der Waals surface area contributed by atoms with Crippen LogP contribution < -0.4 is 0 Å². The summed E-state index contributed by atoms with van der Waals surface area (Å²) in [5, 5.41) is 0.609. The first kappa shape index (κ1) is 13.3. The van der Waals surface area contributed by atoms with Crippen molar-refractivity contribution in [1.29, 1.82) is 0 Å². The maximum absolute atomic E-state index is 12.0. The van der Waals surface area contributed by atoms with E-state index in [0.29, 0.717) is 16.5 Å². The second-order valence-electron chi connectivity index (χ2n) is 3.88. The molecule has 1 atom stereocenters. The Kier molecular flexibility index (Phi) is 4.63. The predicted molar refractivity (Wildman–Crippen MR) is 68.5 cm³/mol. The Balaban J connectivity index is 2.92. The van der Waals surface area contributed by atoms with Crippen molar-refractivity contribution in [2.75, 3.05) is 12.9 Å². The van der Waals surface area contributed by atoms with E-state index < -0.39 is 0 Å². The van der Waals surface area contributed by atoms with Crippen molar-refractivity contribution in [2.24, 2.45) is 0 Å². The van der Waals surface area contributed by atoms with Crippen molar-refractivity contribution in [3.8, 4) is 0 Å². The number of carbonyl (C=O) groups is 1. The highest BCUT2D eigenvalue weighted by molar-refractivity contribution is 6.31. The SMILES string of the molecule is Cc1ccc(C(=O)N(C)C(C)CCl)cc1Cl. The molecule has 0 fully saturated rings. The number of nitrogens with zero attached hydrogens (tertiary/aromatic N) is 1. The Morgan fingerprint density at radius 2 is 2.12 bits per heavy atom. The summed E-state index contributed by atoms with van der Waals surface area (Å²) in [5.74, 6) is 0.358. The van der Waals surface area contributed by atoms with Crippen molar-refractivity contribution in [3.05, 3.63) is 34.3 Å². The number of carbonyl (C=O) groups excluding carboxylic acids is 1. The number of aryl methyl sites for hydroxylation is 1. The first-order chi connectivity index (χ1) is 7.47. The Morgan fingerprint density at radius 3 is 2.62 bits per heavy atom. The van der Waals surface area contributed by atoms with Gasteiger partial charge in [0, 0.05) is 29.6 Å². The number of benzene rings is 1. The third-order valence-corrected chi connectivity index (χ3v) is 3.48. The van der Waals surface area contributed by atoms with E-state index in [2.05, 4.69) is 0 Å². The highest BCUT2D eigenvalue weighted by Gasteiger charge is 2.17.